The quantitative estimate of drug-likeness (QED) is 0.0219. The van der Waals surface area contributed by atoms with Crippen LogP contribution in [0.2, 0.25) is 0 Å². The molecular weight excluding hydrogens is 1810 g/mol. The van der Waals surface area contributed by atoms with Crippen LogP contribution in [-0.2, 0) is 123 Å². The lowest BCUT2D eigenvalue weighted by atomic mass is 9.99. The highest BCUT2D eigenvalue weighted by Crippen LogP contribution is 2.29. The maximum atomic E-state index is 16.0. The average molecular weight is 1940 g/mol. The van der Waals surface area contributed by atoms with E-state index in [0.717, 1.165) is 36.3 Å². The van der Waals surface area contributed by atoms with Gasteiger partial charge < -0.3 is 136 Å². The van der Waals surface area contributed by atoms with Crippen LogP contribution >= 0.6 is 11.8 Å². The van der Waals surface area contributed by atoms with Gasteiger partial charge in [-0.25, -0.2) is 4.98 Å². The maximum Gasteiger partial charge on any atom is 0.323 e. The van der Waals surface area contributed by atoms with E-state index in [1.165, 1.54) is 75.6 Å². The summed E-state index contributed by atoms with van der Waals surface area (Å²) in [6, 6.07) is -3.48. The maximum absolute atomic E-state index is 16.0. The molecule has 3 aliphatic rings. The fourth-order valence-electron chi connectivity index (χ4n) is 17.0. The molecule has 9 rings (SSSR count). The van der Waals surface area contributed by atoms with E-state index in [4.69, 9.17) is 28.7 Å². The lowest BCUT2D eigenvalue weighted by Gasteiger charge is -2.36. The number of fused-ring (bicyclic) bond motifs is 4. The Morgan fingerprint density at radius 2 is 1.09 bits per heavy atom. The molecular formula is C91H126N24O22S. The number of hydrogen-bond acceptors (Lipinski definition) is 25. The second-order valence-electron chi connectivity index (χ2n) is 34.7. The number of carbonyl (C=O) groups excluding carboxylic acids is 18. The predicted molar refractivity (Wildman–Crippen MR) is 501 cm³/mol. The average Bonchev–Trinajstić information content (AvgIpc) is 1.65. The second-order valence-corrected chi connectivity index (χ2v) is 35.7. The molecule has 138 heavy (non-hydrogen) atoms. The molecule has 3 fully saturated rings. The number of benzene rings is 3. The lowest BCUT2D eigenvalue weighted by molar-refractivity contribution is -0.149. The van der Waals surface area contributed by atoms with Gasteiger partial charge in [0.05, 0.1) is 31.1 Å². The van der Waals surface area contributed by atoms with E-state index in [9.17, 15) is 68.1 Å². The summed E-state index contributed by atoms with van der Waals surface area (Å²) in [4.78, 5) is 291. The van der Waals surface area contributed by atoms with Gasteiger partial charge in [-0.15, -0.1) is 11.8 Å². The molecule has 18 amide bonds. The van der Waals surface area contributed by atoms with E-state index in [2.05, 4.69) is 68.1 Å². The third-order valence-electron chi connectivity index (χ3n) is 24.5. The van der Waals surface area contributed by atoms with Crippen LogP contribution in [0.1, 0.15) is 133 Å². The summed E-state index contributed by atoms with van der Waals surface area (Å²) in [5.74, 6) is -20.1. The van der Waals surface area contributed by atoms with E-state index < -0.39 is 273 Å². The minimum atomic E-state index is -1.82. The number of thioether (sulfide) groups is 1. The summed E-state index contributed by atoms with van der Waals surface area (Å²) in [6.45, 7) is 2.30. The molecule has 3 saturated heterocycles. The number of rotatable bonds is 28. The highest BCUT2D eigenvalue weighted by Gasteiger charge is 2.47. The number of phenolic OH excluding ortho intramolecular Hbond substituents is 1. The number of carboxylic acid groups (broad SMARTS) is 1. The summed E-state index contributed by atoms with van der Waals surface area (Å²) in [5.41, 5.74) is 31.6. The third kappa shape index (κ3) is 29.5. The largest absolute Gasteiger partial charge is 0.508 e. The highest BCUT2D eigenvalue weighted by atomic mass is 32.2. The Balaban J connectivity index is 1.12. The Kier molecular flexibility index (Phi) is 39.9. The number of para-hydroxylation sites is 2. The van der Waals surface area contributed by atoms with Crippen LogP contribution in [0, 0.1) is 0 Å². The SMILES string of the molecule is CCCC[C@H]1C(=O)N(C)[C@@H](CCCC)C(=O)N[C@@H](CCN)C(=O)N[C@H](C(=O)NCC(N)=O)CSCC(=O)N[C@@H](Cc2ccc(O)cc2)C(=O)N(C)[C@@H](C)C(=O)N[C@@H](CC(N)=O)C(=O)N2CCC[C@H]2C(=O)N[C@@H](Cc2cnc[nH]2)C(=O)N[C@@H](CCC(N)=O)C(=O)N2C[C@H](O)C[C@H]2C(=O)N[C@@H](Cc2c[nH]c3ccccc23)C(=O)N[C@@H](CCN)C(=O)N[C@@H](Cc2cn(CC(=O)O)c3ccccc23)C(=O)N1C. The first-order valence-electron chi connectivity index (χ1n) is 45.8. The van der Waals surface area contributed by atoms with Crippen molar-refractivity contribution in [1.82, 2.24) is 97.2 Å². The van der Waals surface area contributed by atoms with Crippen LogP contribution < -0.4 is 81.8 Å². The summed E-state index contributed by atoms with van der Waals surface area (Å²) >= 11 is 0.749. The number of aliphatic carboxylic acids is 1. The van der Waals surface area contributed by atoms with Crippen molar-refractivity contribution in [2.75, 3.05) is 65.4 Å². The second kappa shape index (κ2) is 51.2. The number of aromatic amines is 2. The zero-order valence-corrected chi connectivity index (χ0v) is 78.6. The van der Waals surface area contributed by atoms with Crippen LogP contribution in [0.3, 0.4) is 0 Å². The van der Waals surface area contributed by atoms with Gasteiger partial charge in [0, 0.05) is 125 Å². The minimum Gasteiger partial charge on any atom is -0.508 e. The smallest absolute Gasteiger partial charge is 0.323 e. The first-order valence-corrected chi connectivity index (χ1v) is 46.9. The van der Waals surface area contributed by atoms with Crippen molar-refractivity contribution in [3.8, 4) is 5.75 Å². The Bertz CT molecular complexity index is 5380. The first kappa shape index (κ1) is 108. The highest BCUT2D eigenvalue weighted by molar-refractivity contribution is 8.00. The number of H-pyrrole nitrogens is 2. The van der Waals surface area contributed by atoms with Crippen molar-refractivity contribution in [2.24, 2.45) is 28.7 Å². The fraction of sp³-hybridized carbons (Fsp3) is 0.516. The zero-order chi connectivity index (χ0) is 101. The number of aromatic hydroxyl groups is 1. The van der Waals surface area contributed by atoms with Gasteiger partial charge >= 0.3 is 5.97 Å². The number of nitrogens with one attached hydrogen (secondary N) is 12. The summed E-state index contributed by atoms with van der Waals surface area (Å²) < 4.78 is 1.42. The molecule has 6 aromatic rings. The molecule has 25 N–H and O–H groups in total. The number of primary amides is 3. The van der Waals surface area contributed by atoms with Gasteiger partial charge in [0.2, 0.25) is 106 Å². The summed E-state index contributed by atoms with van der Waals surface area (Å²) in [5, 5.41) is 59.0. The fourth-order valence-corrected chi connectivity index (χ4v) is 17.8. The van der Waals surface area contributed by atoms with Crippen molar-refractivity contribution in [3.63, 3.8) is 0 Å². The number of carbonyl (C=O) groups is 19. The van der Waals surface area contributed by atoms with Gasteiger partial charge in [-0.1, -0.05) is 88.1 Å². The van der Waals surface area contributed by atoms with Crippen molar-refractivity contribution >= 4 is 146 Å². The standard InChI is InChI=1S/C91H126N24O22S/c1-7-9-19-69-84(130)103-60(30-32-93)81(127)109-67(79(125)99-42-75(96)120)46-138-47-76(121)101-64(34-50-23-25-54(116)26-24-50)87(133)110(4)49(3)78(124)107-66(39-74(95)119)90(136)114-33-15-22-70(114)85(131)106-63(37-53-41-97-48-100-53)83(129)104-61(27-28-73(94)118)89(135)115-44-55(117)38-72(115)86(132)105-62(35-51-40-98-58-18-13-11-16-56(51)58)82(128)102-59(29-31-92)80(126)108-65(88(134)112(6)71(20-10-8-2)91(137)111(69)5)36-52-43-113(45-77(122)123)68-21-14-12-17-57(52)68/h11-14,16-18,21,23-26,40-41,43,48-49,55,59-67,69-72,98,116-117H,7-10,15,19-20,22,27-39,42,44-47,92-93H2,1-6H3,(H2,94,118)(H2,95,119)(H2,96,120)(H,97,100)(H,99,125)(H,101,121)(H,102,128)(H,103,130)(H,104,129)(H,105,132)(H,106,131)(H,107,124)(H,108,126)(H,109,127)(H,122,123)/t49-,55+,59-,60-,61-,62-,63-,64-,65-,66-,67-,69-,70-,71-,72-/m0/s1. The minimum absolute atomic E-state index is 0.0382. The Morgan fingerprint density at radius 1 is 0.536 bits per heavy atom. The summed E-state index contributed by atoms with van der Waals surface area (Å²) in [6.07, 6.45) is 1.16. The molecule has 0 aliphatic carbocycles. The monoisotopic (exact) mass is 1940 g/mol. The van der Waals surface area contributed by atoms with E-state index in [1.807, 2.05) is 13.8 Å². The molecule has 0 saturated carbocycles. The summed E-state index contributed by atoms with van der Waals surface area (Å²) in [7, 11) is 3.82. The predicted octanol–water partition coefficient (Wildman–Crippen LogP) is -4.71. The van der Waals surface area contributed by atoms with Crippen molar-refractivity contribution in [2.45, 2.75) is 234 Å². The van der Waals surface area contributed by atoms with Crippen LogP contribution in [0.25, 0.3) is 21.8 Å². The molecule has 3 aromatic carbocycles. The van der Waals surface area contributed by atoms with Gasteiger partial charge in [-0.05, 0) is 106 Å². The molecule has 0 bridgehead atoms. The Labute approximate surface area is 799 Å². The van der Waals surface area contributed by atoms with Gasteiger partial charge in [-0.2, -0.15) is 0 Å². The number of aliphatic hydroxyl groups is 1. The molecule has 3 aliphatic heterocycles. The number of hydrogen-bond donors (Lipinski definition) is 20. The molecule has 46 nitrogen and oxygen atoms in total. The molecule has 748 valence electrons. The van der Waals surface area contributed by atoms with Crippen molar-refractivity contribution in [1.29, 1.82) is 0 Å². The van der Waals surface area contributed by atoms with E-state index in [-0.39, 0.29) is 82.4 Å². The number of carboxylic acids is 1. The molecule has 0 spiro atoms. The van der Waals surface area contributed by atoms with Gasteiger partial charge in [0.1, 0.15) is 96.9 Å². The van der Waals surface area contributed by atoms with Crippen molar-refractivity contribution < 1.29 is 106 Å². The lowest BCUT2D eigenvalue weighted by Crippen LogP contribution is -2.61. The number of nitrogens with zero attached hydrogens (tertiary/aromatic N) is 7. The number of phenols is 1. The molecule has 0 unspecified atom stereocenters. The van der Waals surface area contributed by atoms with Crippen LogP contribution in [-0.4, -0.2) is 328 Å². The number of aromatic nitrogens is 4. The normalized spacial score (nSPS) is 24.4. The number of likely N-dealkylation sites (N-methyl/N-ethyl adjacent to an activating group) is 3. The molecule has 0 radical (unpaired) electrons. The van der Waals surface area contributed by atoms with Gasteiger partial charge in [-0.3, -0.25) is 91.1 Å². The van der Waals surface area contributed by atoms with Crippen molar-refractivity contribution in [3.05, 3.63) is 120 Å². The molecule has 47 heteroatoms. The third-order valence-corrected chi connectivity index (χ3v) is 25.6. The number of aliphatic hydroxyl groups excluding tert-OH is 1. The van der Waals surface area contributed by atoms with E-state index >= 15 is 38.4 Å². The molecule has 15 atom stereocenters. The van der Waals surface area contributed by atoms with Crippen LogP contribution in [0.15, 0.2) is 97.7 Å². The first-order chi connectivity index (χ1) is 65.7. The zero-order valence-electron chi connectivity index (χ0n) is 77.8. The van der Waals surface area contributed by atoms with Crippen LogP contribution in [0.4, 0.5) is 0 Å². The molecule has 6 heterocycles. The number of unbranched alkanes of at least 4 members (excludes halogenated alkanes) is 2. The number of imidazole rings is 1. The topological polar surface area (TPSA) is 701 Å². The van der Waals surface area contributed by atoms with Crippen LogP contribution in [0.5, 0.6) is 5.75 Å². The number of amides is 18. The Morgan fingerprint density at radius 3 is 1.72 bits per heavy atom. The van der Waals surface area contributed by atoms with Gasteiger partial charge in [0.15, 0.2) is 0 Å². The van der Waals surface area contributed by atoms with Gasteiger partial charge in [0.25, 0.3) is 0 Å². The molecule has 3 aromatic heterocycles. The van der Waals surface area contributed by atoms with E-state index in [1.54, 1.807) is 54.7 Å². The Hall–Kier alpha value is -14.1. The van der Waals surface area contributed by atoms with E-state index in [0.29, 0.717) is 64.2 Å². The number of nitrogens with two attached hydrogens (primary N) is 5.